The molecule has 0 atom stereocenters. The monoisotopic (exact) mass is 408 g/mol. The quantitative estimate of drug-likeness (QED) is 0.473. The fourth-order valence-corrected chi connectivity index (χ4v) is 5.20. The maximum absolute atomic E-state index is 13.2. The average molecular weight is 409 g/mol. The minimum Gasteiger partial charge on any atom is -0.339 e. The van der Waals surface area contributed by atoms with Gasteiger partial charge in [-0.3, -0.25) is 4.79 Å². The largest absolute Gasteiger partial charge is 0.339 e. The summed E-state index contributed by atoms with van der Waals surface area (Å²) in [6.45, 7) is 3.70. The minimum absolute atomic E-state index is 0.125. The molecule has 4 aromatic heterocycles. The molecule has 28 heavy (non-hydrogen) atoms. The van der Waals surface area contributed by atoms with Crippen LogP contribution in [0.25, 0.3) is 27.6 Å². The Bertz CT molecular complexity index is 1150. The molecule has 1 aliphatic heterocycles. The Hall–Kier alpha value is -2.51. The van der Waals surface area contributed by atoms with E-state index in [0.29, 0.717) is 0 Å². The average Bonchev–Trinajstić information content (AvgIpc) is 3.46. The number of fused-ring (bicyclic) bond motifs is 1. The molecule has 5 nitrogen and oxygen atoms in total. The molecular weight excluding hydrogens is 388 g/mol. The summed E-state index contributed by atoms with van der Waals surface area (Å²) >= 11 is 3.22. The summed E-state index contributed by atoms with van der Waals surface area (Å²) in [7, 11) is 0. The number of nitrogens with zero attached hydrogens (tertiary/aromatic N) is 4. The van der Waals surface area contributed by atoms with Crippen molar-refractivity contribution in [3.63, 3.8) is 0 Å². The topological polar surface area (TPSA) is 50.5 Å². The van der Waals surface area contributed by atoms with Crippen LogP contribution in [0.3, 0.4) is 0 Å². The van der Waals surface area contributed by atoms with Gasteiger partial charge in [0.1, 0.15) is 10.7 Å². The molecule has 5 heterocycles. The Morgan fingerprint density at radius 1 is 1.04 bits per heavy atom. The number of carbonyl (C=O) groups is 1. The molecular formula is C21H20N4OS2. The molecule has 0 aliphatic carbocycles. The van der Waals surface area contributed by atoms with Crippen molar-refractivity contribution in [2.75, 3.05) is 13.1 Å². The van der Waals surface area contributed by atoms with Crippen molar-refractivity contribution >= 4 is 34.1 Å². The number of carbonyl (C=O) groups excluding carboxylic acids is 1. The first-order chi connectivity index (χ1) is 13.7. The van der Waals surface area contributed by atoms with Crippen LogP contribution in [0, 0.1) is 6.92 Å². The molecule has 1 aliphatic rings. The highest BCUT2D eigenvalue weighted by Gasteiger charge is 2.23. The molecule has 1 fully saturated rings. The number of amides is 1. The highest BCUT2D eigenvalue weighted by Crippen LogP contribution is 2.32. The summed E-state index contributed by atoms with van der Waals surface area (Å²) in [5, 5.41) is 6.04. The van der Waals surface area contributed by atoms with Crippen LogP contribution in [-0.4, -0.2) is 38.3 Å². The number of aryl methyl sites for hydroxylation is 1. The van der Waals surface area contributed by atoms with Crippen LogP contribution < -0.4 is 0 Å². The lowest BCUT2D eigenvalue weighted by molar-refractivity contribution is 0.0726. The number of rotatable bonds is 3. The maximum Gasteiger partial charge on any atom is 0.256 e. The SMILES string of the molecule is Cc1nc(-c2nc(-c3cc(C(=O)N4CCCCC4)c4ccccn34)cs2)cs1. The van der Waals surface area contributed by atoms with E-state index in [2.05, 4.69) is 9.38 Å². The second-order valence-electron chi connectivity index (χ2n) is 7.04. The third kappa shape index (κ3) is 3.04. The Balaban J connectivity index is 1.57. The van der Waals surface area contributed by atoms with Gasteiger partial charge in [-0.15, -0.1) is 22.7 Å². The summed E-state index contributed by atoms with van der Waals surface area (Å²) in [5.74, 6) is 0.125. The van der Waals surface area contributed by atoms with E-state index >= 15 is 0 Å². The van der Waals surface area contributed by atoms with Gasteiger partial charge in [-0.1, -0.05) is 6.07 Å². The second-order valence-corrected chi connectivity index (χ2v) is 8.96. The zero-order valence-electron chi connectivity index (χ0n) is 15.6. The number of piperidine rings is 1. The van der Waals surface area contributed by atoms with Crippen LogP contribution >= 0.6 is 22.7 Å². The molecule has 0 N–H and O–H groups in total. The standard InChI is InChI=1S/C21H20N4OS2/c1-14-22-17(13-27-14)20-23-16(12-28-20)19-11-15(18-7-3-6-10-25(18)19)21(26)24-8-4-2-5-9-24/h3,6-7,10-13H,2,4-5,8-9H2,1H3. The Morgan fingerprint density at radius 3 is 2.64 bits per heavy atom. The lowest BCUT2D eigenvalue weighted by atomic mass is 10.1. The zero-order chi connectivity index (χ0) is 19.1. The number of aromatic nitrogens is 3. The molecule has 0 radical (unpaired) electrons. The van der Waals surface area contributed by atoms with Crippen molar-refractivity contribution in [3.05, 3.63) is 51.8 Å². The lowest BCUT2D eigenvalue weighted by Gasteiger charge is -2.26. The van der Waals surface area contributed by atoms with Crippen molar-refractivity contribution in [1.82, 2.24) is 19.3 Å². The van der Waals surface area contributed by atoms with Gasteiger partial charge in [0.2, 0.25) is 0 Å². The van der Waals surface area contributed by atoms with Gasteiger partial charge in [-0.05, 0) is 44.4 Å². The van der Waals surface area contributed by atoms with Crippen molar-refractivity contribution in [1.29, 1.82) is 0 Å². The first-order valence-electron chi connectivity index (χ1n) is 9.48. The Morgan fingerprint density at radius 2 is 1.86 bits per heavy atom. The third-order valence-corrected chi connectivity index (χ3v) is 6.79. The molecule has 4 aromatic rings. The van der Waals surface area contributed by atoms with E-state index < -0.39 is 0 Å². The summed E-state index contributed by atoms with van der Waals surface area (Å²) < 4.78 is 2.07. The van der Waals surface area contributed by atoms with Gasteiger partial charge in [-0.2, -0.15) is 0 Å². The Labute approximate surface area is 171 Å². The van der Waals surface area contributed by atoms with Gasteiger partial charge in [0.15, 0.2) is 0 Å². The van der Waals surface area contributed by atoms with Gasteiger partial charge in [0.05, 0.1) is 27.5 Å². The van der Waals surface area contributed by atoms with Crippen LogP contribution in [0.5, 0.6) is 0 Å². The fraction of sp³-hybridized carbons (Fsp3) is 0.286. The van der Waals surface area contributed by atoms with Crippen LogP contribution in [0.2, 0.25) is 0 Å². The second kappa shape index (κ2) is 7.14. The molecule has 5 rings (SSSR count). The predicted molar refractivity (Wildman–Crippen MR) is 114 cm³/mol. The van der Waals surface area contributed by atoms with E-state index in [-0.39, 0.29) is 5.91 Å². The van der Waals surface area contributed by atoms with Crippen molar-refractivity contribution < 1.29 is 4.79 Å². The van der Waals surface area contributed by atoms with Crippen LogP contribution in [0.1, 0.15) is 34.6 Å². The van der Waals surface area contributed by atoms with E-state index in [1.807, 2.05) is 53.0 Å². The number of hydrogen-bond donors (Lipinski definition) is 0. The van der Waals surface area contributed by atoms with E-state index in [1.54, 1.807) is 22.7 Å². The van der Waals surface area contributed by atoms with Gasteiger partial charge >= 0.3 is 0 Å². The molecule has 1 saturated heterocycles. The normalized spacial score (nSPS) is 14.7. The summed E-state index contributed by atoms with van der Waals surface area (Å²) in [6.07, 6.45) is 5.40. The lowest BCUT2D eigenvalue weighted by Crippen LogP contribution is -2.35. The molecule has 142 valence electrons. The highest BCUT2D eigenvalue weighted by atomic mass is 32.1. The molecule has 1 amide bonds. The summed E-state index contributed by atoms with van der Waals surface area (Å²) in [5.41, 5.74) is 4.45. The molecule has 0 aromatic carbocycles. The van der Waals surface area contributed by atoms with Crippen molar-refractivity contribution in [3.8, 4) is 22.1 Å². The molecule has 0 saturated carbocycles. The fourth-order valence-electron chi connectivity index (χ4n) is 3.76. The van der Waals surface area contributed by atoms with Crippen LogP contribution in [-0.2, 0) is 0 Å². The highest BCUT2D eigenvalue weighted by molar-refractivity contribution is 7.14. The first kappa shape index (κ1) is 17.6. The van der Waals surface area contributed by atoms with Crippen LogP contribution in [0.4, 0.5) is 0 Å². The third-order valence-electron chi connectivity index (χ3n) is 5.15. The zero-order valence-corrected chi connectivity index (χ0v) is 17.2. The van der Waals surface area contributed by atoms with Gasteiger partial charge in [0.25, 0.3) is 5.91 Å². The minimum atomic E-state index is 0.125. The van der Waals surface area contributed by atoms with Crippen molar-refractivity contribution in [2.24, 2.45) is 0 Å². The van der Waals surface area contributed by atoms with E-state index in [1.165, 1.54) is 6.42 Å². The number of pyridine rings is 1. The van der Waals surface area contributed by atoms with E-state index in [9.17, 15) is 4.79 Å². The number of hydrogen-bond acceptors (Lipinski definition) is 5. The smallest absolute Gasteiger partial charge is 0.256 e. The predicted octanol–water partition coefficient (Wildman–Crippen LogP) is 5.12. The van der Waals surface area contributed by atoms with Crippen molar-refractivity contribution in [2.45, 2.75) is 26.2 Å². The van der Waals surface area contributed by atoms with Gasteiger partial charge in [-0.25, -0.2) is 9.97 Å². The van der Waals surface area contributed by atoms with E-state index in [0.717, 1.165) is 64.1 Å². The van der Waals surface area contributed by atoms with E-state index in [4.69, 9.17) is 4.98 Å². The maximum atomic E-state index is 13.2. The summed E-state index contributed by atoms with van der Waals surface area (Å²) in [4.78, 5) is 24.5. The van der Waals surface area contributed by atoms with Gasteiger partial charge in [0, 0.05) is 30.0 Å². The van der Waals surface area contributed by atoms with Gasteiger partial charge < -0.3 is 9.30 Å². The molecule has 7 heteroatoms. The molecule has 0 unspecified atom stereocenters. The molecule has 0 spiro atoms. The number of thiazole rings is 2. The van der Waals surface area contributed by atoms with Crippen LogP contribution in [0.15, 0.2) is 41.2 Å². The molecule has 0 bridgehead atoms. The Kier molecular flexibility index (Phi) is 4.49. The number of likely N-dealkylation sites (tertiary alicyclic amines) is 1. The summed E-state index contributed by atoms with van der Waals surface area (Å²) in [6, 6.07) is 7.98. The first-order valence-corrected chi connectivity index (χ1v) is 11.2.